The molecular weight excluding hydrogens is 516 g/mol. The molecule has 4 aromatic rings. The molecule has 8 heteroatoms. The highest BCUT2D eigenvalue weighted by atomic mass is 79.9. The molecule has 0 amide bonds. The third-order valence-corrected chi connectivity index (χ3v) is 6.41. The number of methoxy groups -OCH3 is 2. The molecule has 1 aliphatic rings. The molecule has 3 aromatic carbocycles. The van der Waals surface area contributed by atoms with Gasteiger partial charge in [0.1, 0.15) is 23.7 Å². The predicted molar refractivity (Wildman–Crippen MR) is 135 cm³/mol. The highest BCUT2D eigenvalue weighted by Crippen LogP contribution is 2.36. The van der Waals surface area contributed by atoms with Crippen LogP contribution in [0.5, 0.6) is 23.0 Å². The Morgan fingerprint density at radius 3 is 2.63 bits per heavy atom. The maximum Gasteiger partial charge on any atom is 0.344 e. The Balaban J connectivity index is 1.46. The predicted octanol–water partition coefficient (Wildman–Crippen LogP) is 5.99. The van der Waals surface area contributed by atoms with Crippen LogP contribution >= 0.6 is 15.9 Å². The molecular formula is C27H23BrO7. The zero-order valence-corrected chi connectivity index (χ0v) is 21.1. The number of ether oxygens (including phenoxy) is 5. The van der Waals surface area contributed by atoms with E-state index in [4.69, 9.17) is 28.1 Å². The van der Waals surface area contributed by atoms with Crippen LogP contribution in [0.3, 0.4) is 0 Å². The second-order valence-electron chi connectivity index (χ2n) is 8.07. The van der Waals surface area contributed by atoms with Gasteiger partial charge in [0.15, 0.2) is 18.3 Å². The molecule has 0 spiro atoms. The maximum atomic E-state index is 13.0. The van der Waals surface area contributed by atoms with Gasteiger partial charge in [-0.25, -0.2) is 4.79 Å². The number of hydrogen-bond acceptors (Lipinski definition) is 7. The van der Waals surface area contributed by atoms with Crippen molar-refractivity contribution in [1.29, 1.82) is 0 Å². The summed E-state index contributed by atoms with van der Waals surface area (Å²) in [6, 6.07) is 14.8. The second-order valence-corrected chi connectivity index (χ2v) is 8.99. The lowest BCUT2D eigenvalue weighted by Crippen LogP contribution is -2.14. The van der Waals surface area contributed by atoms with Crippen molar-refractivity contribution in [3.05, 3.63) is 80.1 Å². The molecule has 7 nitrogen and oxygen atoms in total. The molecule has 1 aromatic heterocycles. The molecule has 35 heavy (non-hydrogen) atoms. The summed E-state index contributed by atoms with van der Waals surface area (Å²) in [6.45, 7) is 2.90. The lowest BCUT2D eigenvalue weighted by molar-refractivity contribution is -0.0176. The van der Waals surface area contributed by atoms with Crippen LogP contribution in [0.1, 0.15) is 16.7 Å². The van der Waals surface area contributed by atoms with Crippen molar-refractivity contribution in [3.63, 3.8) is 0 Å². The molecule has 0 N–H and O–H groups in total. The average Bonchev–Trinajstić information content (AvgIpc) is 2.86. The van der Waals surface area contributed by atoms with Gasteiger partial charge in [-0.2, -0.15) is 0 Å². The minimum absolute atomic E-state index is 0.213. The average molecular weight is 539 g/mol. The van der Waals surface area contributed by atoms with Gasteiger partial charge in [0, 0.05) is 27.1 Å². The molecule has 0 unspecified atom stereocenters. The normalized spacial score (nSPS) is 12.7. The number of benzene rings is 3. The van der Waals surface area contributed by atoms with Crippen LogP contribution in [0.25, 0.3) is 22.1 Å². The van der Waals surface area contributed by atoms with Crippen molar-refractivity contribution in [1.82, 2.24) is 0 Å². The Hall–Kier alpha value is -3.49. The van der Waals surface area contributed by atoms with E-state index >= 15 is 0 Å². The first kappa shape index (κ1) is 23.3. The lowest BCUT2D eigenvalue weighted by atomic mass is 9.99. The highest BCUT2D eigenvalue weighted by molar-refractivity contribution is 9.10. The third-order valence-electron chi connectivity index (χ3n) is 5.96. The van der Waals surface area contributed by atoms with Crippen molar-refractivity contribution in [2.45, 2.75) is 20.1 Å². The van der Waals surface area contributed by atoms with Crippen LogP contribution in [0.15, 0.2) is 62.2 Å². The van der Waals surface area contributed by atoms with Gasteiger partial charge in [0.05, 0.1) is 26.4 Å². The molecule has 2 heterocycles. The van der Waals surface area contributed by atoms with Crippen LogP contribution in [-0.4, -0.2) is 21.0 Å². The topological polar surface area (TPSA) is 76.4 Å². The quantitative estimate of drug-likeness (QED) is 0.279. The Bertz CT molecular complexity index is 1480. The van der Waals surface area contributed by atoms with Crippen molar-refractivity contribution in [3.8, 4) is 34.1 Å². The summed E-state index contributed by atoms with van der Waals surface area (Å²) in [5, 5.41) is 0.821. The highest BCUT2D eigenvalue weighted by Gasteiger charge is 2.18. The molecule has 0 fully saturated rings. The Morgan fingerprint density at radius 1 is 1.00 bits per heavy atom. The van der Waals surface area contributed by atoms with Gasteiger partial charge in [-0.05, 0) is 54.4 Å². The molecule has 5 rings (SSSR count). The van der Waals surface area contributed by atoms with Crippen molar-refractivity contribution >= 4 is 26.9 Å². The fraction of sp³-hybridized carbons (Fsp3) is 0.222. The van der Waals surface area contributed by atoms with Crippen LogP contribution in [-0.2, 0) is 18.0 Å². The second kappa shape index (κ2) is 9.64. The van der Waals surface area contributed by atoms with Gasteiger partial charge >= 0.3 is 5.63 Å². The third kappa shape index (κ3) is 4.47. The first-order valence-electron chi connectivity index (χ1n) is 10.9. The van der Waals surface area contributed by atoms with E-state index in [2.05, 4.69) is 15.9 Å². The van der Waals surface area contributed by atoms with Crippen molar-refractivity contribution in [2.24, 2.45) is 0 Å². The molecule has 180 valence electrons. The number of aryl methyl sites for hydroxylation is 1. The van der Waals surface area contributed by atoms with E-state index in [1.807, 2.05) is 37.3 Å². The minimum Gasteiger partial charge on any atom is -0.493 e. The lowest BCUT2D eigenvalue weighted by Gasteiger charge is -2.21. The summed E-state index contributed by atoms with van der Waals surface area (Å²) >= 11 is 3.53. The number of hydrogen-bond donors (Lipinski definition) is 0. The van der Waals surface area contributed by atoms with Gasteiger partial charge in [-0.15, -0.1) is 0 Å². The summed E-state index contributed by atoms with van der Waals surface area (Å²) in [6.07, 6.45) is 0. The first-order chi connectivity index (χ1) is 17.0. The van der Waals surface area contributed by atoms with Gasteiger partial charge in [-0.1, -0.05) is 22.0 Å². The Labute approximate surface area is 210 Å². The largest absolute Gasteiger partial charge is 0.493 e. The summed E-state index contributed by atoms with van der Waals surface area (Å²) in [5.41, 5.74) is 3.87. The fourth-order valence-corrected chi connectivity index (χ4v) is 4.83. The van der Waals surface area contributed by atoms with E-state index in [-0.39, 0.29) is 6.79 Å². The van der Waals surface area contributed by atoms with Crippen LogP contribution in [0, 0.1) is 6.92 Å². The minimum atomic E-state index is -0.436. The zero-order chi connectivity index (χ0) is 24.5. The molecule has 0 bridgehead atoms. The van der Waals surface area contributed by atoms with Crippen molar-refractivity contribution < 1.29 is 28.1 Å². The zero-order valence-electron chi connectivity index (χ0n) is 19.5. The standard InChI is InChI=1S/C27H23BrO7/c1-15-21-6-5-20(33-13-18-9-19(28)8-17-12-32-14-34-26(17)18)11-23(21)35-27(29)25(15)16-4-7-22(30-2)24(10-16)31-3/h4-11H,12-14H2,1-3H3. The monoisotopic (exact) mass is 538 g/mol. The van der Waals surface area contributed by atoms with Crippen molar-refractivity contribution in [2.75, 3.05) is 21.0 Å². The first-order valence-corrected chi connectivity index (χ1v) is 11.7. The number of halogens is 1. The molecule has 0 saturated carbocycles. The molecule has 0 atom stereocenters. The van der Waals surface area contributed by atoms with E-state index in [1.54, 1.807) is 32.4 Å². The van der Waals surface area contributed by atoms with Gasteiger partial charge in [0.2, 0.25) is 0 Å². The summed E-state index contributed by atoms with van der Waals surface area (Å²) in [5.74, 6) is 2.49. The maximum absolute atomic E-state index is 13.0. The van der Waals surface area contributed by atoms with Gasteiger partial charge < -0.3 is 28.1 Å². The van der Waals surface area contributed by atoms with Gasteiger partial charge in [0.25, 0.3) is 0 Å². The number of fused-ring (bicyclic) bond motifs is 2. The molecule has 0 radical (unpaired) electrons. The van der Waals surface area contributed by atoms with E-state index in [0.29, 0.717) is 47.2 Å². The summed E-state index contributed by atoms with van der Waals surface area (Å²) in [7, 11) is 3.13. The van der Waals surface area contributed by atoms with E-state index in [0.717, 1.165) is 32.3 Å². The SMILES string of the molecule is COc1ccc(-c2c(C)c3ccc(OCc4cc(Br)cc5c4OCOC5)cc3oc2=O)cc1OC. The molecule has 0 saturated heterocycles. The Kier molecular flexibility index (Phi) is 6.40. The van der Waals surface area contributed by atoms with Crippen LogP contribution in [0.2, 0.25) is 0 Å². The van der Waals surface area contributed by atoms with E-state index in [9.17, 15) is 4.79 Å². The van der Waals surface area contributed by atoms with Crippen LogP contribution in [0.4, 0.5) is 0 Å². The van der Waals surface area contributed by atoms with Gasteiger partial charge in [-0.3, -0.25) is 0 Å². The Morgan fingerprint density at radius 2 is 1.83 bits per heavy atom. The number of rotatable bonds is 6. The summed E-state index contributed by atoms with van der Waals surface area (Å²) in [4.78, 5) is 13.0. The fourth-order valence-electron chi connectivity index (χ4n) is 4.28. The van der Waals surface area contributed by atoms with E-state index < -0.39 is 5.63 Å². The molecule has 0 aliphatic carbocycles. The smallest absolute Gasteiger partial charge is 0.344 e. The molecule has 1 aliphatic heterocycles. The van der Waals surface area contributed by atoms with E-state index in [1.165, 1.54) is 0 Å². The van der Waals surface area contributed by atoms with Crippen LogP contribution < -0.4 is 24.6 Å². The summed E-state index contributed by atoms with van der Waals surface area (Å²) < 4.78 is 34.4.